The molecule has 0 aromatic carbocycles. The molecule has 1 rings (SSSR count). The molecule has 0 aliphatic heterocycles. The van der Waals surface area contributed by atoms with Gasteiger partial charge in [0.1, 0.15) is 5.69 Å². The summed E-state index contributed by atoms with van der Waals surface area (Å²) in [5, 5.41) is 18.8. The minimum Gasteiger partial charge on any atom is -0.361 e. The van der Waals surface area contributed by atoms with Gasteiger partial charge in [-0.2, -0.15) is 16.9 Å². The summed E-state index contributed by atoms with van der Waals surface area (Å²) in [5.74, 6) is 1.47. The number of nitrogens with zero attached hydrogens (tertiary/aromatic N) is 3. The maximum atomic E-state index is 11.2. The van der Waals surface area contributed by atoms with Gasteiger partial charge in [-0.05, 0) is 26.0 Å². The molecule has 0 amide bonds. The van der Waals surface area contributed by atoms with Gasteiger partial charge < -0.3 is 5.32 Å². The van der Waals surface area contributed by atoms with E-state index in [0.717, 1.165) is 18.6 Å². The van der Waals surface area contributed by atoms with Crippen LogP contribution in [-0.2, 0) is 6.54 Å². The maximum absolute atomic E-state index is 11.2. The van der Waals surface area contributed by atoms with E-state index in [4.69, 9.17) is 0 Å². The molecule has 7 heteroatoms. The number of thioether (sulfide) groups is 1. The molecule has 0 bridgehead atoms. The van der Waals surface area contributed by atoms with Crippen molar-refractivity contribution in [2.45, 2.75) is 46.2 Å². The number of aryl methyl sites for hydroxylation is 2. The Hall–Kier alpha value is -1.24. The van der Waals surface area contributed by atoms with Crippen LogP contribution < -0.4 is 5.32 Å². The number of nitro groups is 1. The second-order valence-corrected chi connectivity index (χ2v) is 5.38. The van der Waals surface area contributed by atoms with Crippen LogP contribution in [0, 0.1) is 17.0 Å². The molecule has 1 unspecified atom stereocenters. The summed E-state index contributed by atoms with van der Waals surface area (Å²) in [6.45, 7) is 6.48. The van der Waals surface area contributed by atoms with Gasteiger partial charge in [-0.3, -0.25) is 10.1 Å². The molecule has 1 aromatic heterocycles. The van der Waals surface area contributed by atoms with Crippen molar-refractivity contribution in [1.29, 1.82) is 0 Å². The second kappa shape index (κ2) is 7.37. The first-order valence-electron chi connectivity index (χ1n) is 6.52. The molecule has 0 fully saturated rings. The van der Waals surface area contributed by atoms with Gasteiger partial charge in [0.2, 0.25) is 5.82 Å². The Labute approximate surface area is 118 Å². The normalized spacial score (nSPS) is 12.4. The van der Waals surface area contributed by atoms with Crippen LogP contribution in [0.25, 0.3) is 0 Å². The lowest BCUT2D eigenvalue weighted by Crippen LogP contribution is -2.23. The van der Waals surface area contributed by atoms with E-state index in [1.807, 2.05) is 13.2 Å². The zero-order chi connectivity index (χ0) is 14.4. The lowest BCUT2D eigenvalue weighted by molar-refractivity contribution is -0.384. The smallest absolute Gasteiger partial charge is 0.333 e. The van der Waals surface area contributed by atoms with Crippen molar-refractivity contribution in [3.05, 3.63) is 15.8 Å². The summed E-state index contributed by atoms with van der Waals surface area (Å²) >= 11 is 1.73. The molecule has 1 heterocycles. The molecule has 0 saturated carbocycles. The lowest BCUT2D eigenvalue weighted by atomic mass is 10.2. The molecular weight excluding hydrogens is 264 g/mol. The summed E-state index contributed by atoms with van der Waals surface area (Å²) in [4.78, 5) is 10.9. The molecule has 0 saturated heterocycles. The minimum atomic E-state index is -0.345. The summed E-state index contributed by atoms with van der Waals surface area (Å²) in [5.41, 5.74) is 0.577. The van der Waals surface area contributed by atoms with E-state index in [2.05, 4.69) is 17.3 Å². The third-order valence-electron chi connectivity index (χ3n) is 2.92. The predicted octanol–water partition coefficient (Wildman–Crippen LogP) is 3.06. The van der Waals surface area contributed by atoms with Crippen LogP contribution in [0.15, 0.2) is 0 Å². The summed E-state index contributed by atoms with van der Waals surface area (Å²) in [6, 6.07) is 0.223. The Bertz CT molecular complexity index is 434. The van der Waals surface area contributed by atoms with Gasteiger partial charge in [0, 0.05) is 18.3 Å². The molecule has 19 heavy (non-hydrogen) atoms. The Morgan fingerprint density at radius 1 is 1.53 bits per heavy atom. The highest BCUT2D eigenvalue weighted by molar-refractivity contribution is 7.98. The third-order valence-corrected chi connectivity index (χ3v) is 3.65. The lowest BCUT2D eigenvalue weighted by Gasteiger charge is -2.17. The van der Waals surface area contributed by atoms with Crippen LogP contribution in [-0.4, -0.2) is 32.8 Å². The average Bonchev–Trinajstić information content (AvgIpc) is 2.65. The van der Waals surface area contributed by atoms with Crippen molar-refractivity contribution in [2.75, 3.05) is 17.3 Å². The van der Waals surface area contributed by atoms with Gasteiger partial charge in [0.15, 0.2) is 0 Å². The Balaban J connectivity index is 3.09. The number of anilines is 1. The monoisotopic (exact) mass is 286 g/mol. The Morgan fingerprint density at radius 2 is 2.21 bits per heavy atom. The van der Waals surface area contributed by atoms with Crippen molar-refractivity contribution in [3.63, 3.8) is 0 Å². The highest BCUT2D eigenvalue weighted by Crippen LogP contribution is 2.29. The molecule has 1 N–H and O–H groups in total. The molecule has 0 spiro atoms. The molecule has 0 aliphatic rings. The number of nitrogens with one attached hydrogen (secondary N) is 1. The first-order valence-corrected chi connectivity index (χ1v) is 7.91. The zero-order valence-corrected chi connectivity index (χ0v) is 12.8. The molecule has 6 nitrogen and oxygen atoms in total. The molecule has 108 valence electrons. The van der Waals surface area contributed by atoms with E-state index in [-0.39, 0.29) is 16.7 Å². The molecule has 0 aliphatic carbocycles. The van der Waals surface area contributed by atoms with Gasteiger partial charge >= 0.3 is 5.69 Å². The van der Waals surface area contributed by atoms with Crippen molar-refractivity contribution in [1.82, 2.24) is 9.78 Å². The summed E-state index contributed by atoms with van der Waals surface area (Å²) in [7, 11) is 0. The van der Waals surface area contributed by atoms with E-state index < -0.39 is 0 Å². The van der Waals surface area contributed by atoms with Gasteiger partial charge in [-0.15, -0.1) is 0 Å². The highest BCUT2D eigenvalue weighted by Gasteiger charge is 2.26. The standard InChI is InChI=1S/C12H22N4O2S/c1-5-7-15-12(13-10(6-2)8-19-4)11(16(17)18)9(3)14-15/h10,13H,5-8H2,1-4H3. The van der Waals surface area contributed by atoms with Crippen LogP contribution in [0.5, 0.6) is 0 Å². The zero-order valence-electron chi connectivity index (χ0n) is 12.0. The van der Waals surface area contributed by atoms with Gasteiger partial charge in [0.25, 0.3) is 0 Å². The maximum Gasteiger partial charge on any atom is 0.333 e. The minimum absolute atomic E-state index is 0.105. The molecule has 1 atom stereocenters. The van der Waals surface area contributed by atoms with Crippen molar-refractivity contribution in [2.24, 2.45) is 0 Å². The largest absolute Gasteiger partial charge is 0.361 e. The summed E-state index contributed by atoms with van der Waals surface area (Å²) < 4.78 is 1.72. The quantitative estimate of drug-likeness (QED) is 0.587. The SMILES string of the molecule is CCCn1nc(C)c([N+](=O)[O-])c1NC(CC)CSC. The fraction of sp³-hybridized carbons (Fsp3) is 0.750. The van der Waals surface area contributed by atoms with E-state index in [1.165, 1.54) is 0 Å². The van der Waals surface area contributed by atoms with Crippen LogP contribution in [0.2, 0.25) is 0 Å². The van der Waals surface area contributed by atoms with Gasteiger partial charge in [0.05, 0.1) is 4.92 Å². The van der Waals surface area contributed by atoms with Crippen molar-refractivity contribution >= 4 is 23.3 Å². The van der Waals surface area contributed by atoms with E-state index >= 15 is 0 Å². The Morgan fingerprint density at radius 3 is 2.68 bits per heavy atom. The van der Waals surface area contributed by atoms with Crippen LogP contribution in [0.1, 0.15) is 32.4 Å². The first kappa shape index (κ1) is 15.8. The van der Waals surface area contributed by atoms with E-state index in [0.29, 0.717) is 18.1 Å². The van der Waals surface area contributed by atoms with Crippen LogP contribution >= 0.6 is 11.8 Å². The summed E-state index contributed by atoms with van der Waals surface area (Å²) in [6.07, 6.45) is 3.86. The third kappa shape index (κ3) is 3.86. The fourth-order valence-electron chi connectivity index (χ4n) is 1.96. The average molecular weight is 286 g/mol. The van der Waals surface area contributed by atoms with Crippen LogP contribution in [0.3, 0.4) is 0 Å². The molecule has 1 aromatic rings. The predicted molar refractivity (Wildman–Crippen MR) is 80.0 cm³/mol. The molecular formula is C12H22N4O2S. The van der Waals surface area contributed by atoms with E-state index in [1.54, 1.807) is 23.4 Å². The van der Waals surface area contributed by atoms with Crippen molar-refractivity contribution in [3.8, 4) is 0 Å². The van der Waals surface area contributed by atoms with E-state index in [9.17, 15) is 10.1 Å². The first-order chi connectivity index (χ1) is 9.04. The Kier molecular flexibility index (Phi) is 6.14. The number of aromatic nitrogens is 2. The fourth-order valence-corrected chi connectivity index (χ4v) is 2.68. The number of hydrogen-bond acceptors (Lipinski definition) is 5. The van der Waals surface area contributed by atoms with Gasteiger partial charge in [-0.1, -0.05) is 13.8 Å². The number of rotatable bonds is 8. The molecule has 0 radical (unpaired) electrons. The highest BCUT2D eigenvalue weighted by atomic mass is 32.2. The van der Waals surface area contributed by atoms with Gasteiger partial charge in [-0.25, -0.2) is 4.68 Å². The topological polar surface area (TPSA) is 73.0 Å². The number of hydrogen-bond donors (Lipinski definition) is 1. The van der Waals surface area contributed by atoms with Crippen molar-refractivity contribution < 1.29 is 4.92 Å². The second-order valence-electron chi connectivity index (χ2n) is 4.47. The van der Waals surface area contributed by atoms with Crippen LogP contribution in [0.4, 0.5) is 11.5 Å².